The molecule has 4 N–H and O–H groups in total. The van der Waals surface area contributed by atoms with Gasteiger partial charge in [-0.25, -0.2) is 4.39 Å². The van der Waals surface area contributed by atoms with Crippen molar-refractivity contribution in [2.75, 3.05) is 11.1 Å². The monoisotopic (exact) mass is 260 g/mol. The fraction of sp³-hybridized carbons (Fsp3) is 0.0714. The van der Waals surface area contributed by atoms with Crippen LogP contribution in [0.25, 0.3) is 0 Å². The molecule has 0 atom stereocenters. The summed E-state index contributed by atoms with van der Waals surface area (Å²) in [5, 5.41) is 11.6. The molecule has 0 bridgehead atoms. The highest BCUT2D eigenvalue weighted by atomic mass is 19.1. The maximum atomic E-state index is 13.1. The van der Waals surface area contributed by atoms with Crippen LogP contribution in [-0.4, -0.2) is 11.0 Å². The average molecular weight is 260 g/mol. The highest BCUT2D eigenvalue weighted by Gasteiger charge is 2.11. The van der Waals surface area contributed by atoms with E-state index in [0.29, 0.717) is 11.3 Å². The first-order valence-corrected chi connectivity index (χ1v) is 5.63. The molecule has 0 saturated heterocycles. The molecule has 0 aromatic heterocycles. The van der Waals surface area contributed by atoms with Crippen molar-refractivity contribution in [1.82, 2.24) is 0 Å². The number of hydrogen-bond donors (Lipinski definition) is 3. The summed E-state index contributed by atoms with van der Waals surface area (Å²) in [6, 6.07) is 8.71. The number of phenols is 1. The van der Waals surface area contributed by atoms with Crippen LogP contribution in [0, 0.1) is 12.7 Å². The van der Waals surface area contributed by atoms with E-state index in [1.807, 2.05) is 6.92 Å². The van der Waals surface area contributed by atoms with E-state index in [-0.39, 0.29) is 5.69 Å². The number of aromatic hydroxyl groups is 1. The largest absolute Gasteiger partial charge is 0.505 e. The number of nitrogen functional groups attached to an aromatic ring is 1. The van der Waals surface area contributed by atoms with Gasteiger partial charge in [0.25, 0.3) is 5.91 Å². The first-order valence-electron chi connectivity index (χ1n) is 5.63. The highest BCUT2D eigenvalue weighted by molar-refractivity contribution is 6.07. The maximum Gasteiger partial charge on any atom is 0.257 e. The van der Waals surface area contributed by atoms with E-state index in [1.54, 1.807) is 18.2 Å². The second-order valence-electron chi connectivity index (χ2n) is 4.21. The molecule has 0 aliphatic carbocycles. The van der Waals surface area contributed by atoms with Gasteiger partial charge in [-0.1, -0.05) is 11.6 Å². The van der Waals surface area contributed by atoms with Crippen molar-refractivity contribution in [2.24, 2.45) is 0 Å². The number of phenolic OH excluding ortho intramolecular Hbond substituents is 1. The summed E-state index contributed by atoms with van der Waals surface area (Å²) in [5.41, 5.74) is 7.55. The molecular weight excluding hydrogens is 247 g/mol. The predicted octanol–water partition coefficient (Wildman–Crippen LogP) is 2.67. The normalized spacial score (nSPS) is 10.2. The molecule has 2 aromatic carbocycles. The number of rotatable bonds is 2. The van der Waals surface area contributed by atoms with Crippen LogP contribution in [0.4, 0.5) is 15.8 Å². The highest BCUT2D eigenvalue weighted by Crippen LogP contribution is 2.21. The predicted molar refractivity (Wildman–Crippen MR) is 71.6 cm³/mol. The Balaban J connectivity index is 2.25. The van der Waals surface area contributed by atoms with Crippen LogP contribution in [0.1, 0.15) is 15.9 Å². The molecule has 5 heteroatoms. The van der Waals surface area contributed by atoms with E-state index in [2.05, 4.69) is 5.32 Å². The summed E-state index contributed by atoms with van der Waals surface area (Å²) in [5.74, 6) is -1.69. The van der Waals surface area contributed by atoms with Gasteiger partial charge in [0.2, 0.25) is 0 Å². The number of anilines is 2. The third-order valence-corrected chi connectivity index (χ3v) is 2.66. The Kier molecular flexibility index (Phi) is 3.37. The van der Waals surface area contributed by atoms with E-state index < -0.39 is 17.5 Å². The van der Waals surface area contributed by atoms with E-state index in [4.69, 9.17) is 10.8 Å². The van der Waals surface area contributed by atoms with E-state index >= 15 is 0 Å². The molecule has 1 amide bonds. The zero-order valence-corrected chi connectivity index (χ0v) is 10.3. The van der Waals surface area contributed by atoms with Gasteiger partial charge in [0.05, 0.1) is 5.56 Å². The first kappa shape index (κ1) is 12.9. The Bertz CT molecular complexity index is 641. The number of nitrogens with one attached hydrogen (secondary N) is 1. The summed E-state index contributed by atoms with van der Waals surface area (Å²) in [6.45, 7) is 1.84. The standard InChI is InChI=1S/C14H13FN2O2/c1-8-2-4-12(16)10(6-8)14(19)17-9-3-5-13(18)11(15)7-9/h2-7,18H,16H2,1H3,(H,17,19). The zero-order chi connectivity index (χ0) is 14.0. The lowest BCUT2D eigenvalue weighted by Crippen LogP contribution is -2.14. The molecule has 0 aliphatic rings. The van der Waals surface area contributed by atoms with Crippen LogP contribution in [0.5, 0.6) is 5.75 Å². The molecule has 0 radical (unpaired) electrons. The van der Waals surface area contributed by atoms with Gasteiger partial charge < -0.3 is 16.2 Å². The first-order chi connectivity index (χ1) is 8.97. The van der Waals surface area contributed by atoms with Crippen LogP contribution in [0.15, 0.2) is 36.4 Å². The van der Waals surface area contributed by atoms with Gasteiger partial charge in [0.15, 0.2) is 11.6 Å². The van der Waals surface area contributed by atoms with E-state index in [0.717, 1.165) is 11.6 Å². The topological polar surface area (TPSA) is 75.4 Å². The van der Waals surface area contributed by atoms with Crippen LogP contribution in [-0.2, 0) is 0 Å². The molecule has 2 aromatic rings. The summed E-state index contributed by atoms with van der Waals surface area (Å²) in [4.78, 5) is 12.0. The van der Waals surface area contributed by atoms with Crippen LogP contribution < -0.4 is 11.1 Å². The number of carbonyl (C=O) groups excluding carboxylic acids is 1. The van der Waals surface area contributed by atoms with Crippen molar-refractivity contribution in [3.8, 4) is 5.75 Å². The van der Waals surface area contributed by atoms with Crippen LogP contribution in [0.3, 0.4) is 0 Å². The average Bonchev–Trinajstić information content (AvgIpc) is 2.36. The summed E-state index contributed by atoms with van der Waals surface area (Å²) >= 11 is 0. The molecule has 2 rings (SSSR count). The molecule has 19 heavy (non-hydrogen) atoms. The Hall–Kier alpha value is -2.56. The van der Waals surface area contributed by atoms with Gasteiger partial charge in [-0.2, -0.15) is 0 Å². The number of nitrogens with two attached hydrogens (primary N) is 1. The number of benzene rings is 2. The molecular formula is C14H13FN2O2. The van der Waals surface area contributed by atoms with Gasteiger partial charge in [0, 0.05) is 17.4 Å². The fourth-order valence-electron chi connectivity index (χ4n) is 1.65. The van der Waals surface area contributed by atoms with Crippen LogP contribution in [0.2, 0.25) is 0 Å². The van der Waals surface area contributed by atoms with Crippen molar-refractivity contribution in [3.63, 3.8) is 0 Å². The molecule has 0 spiro atoms. The zero-order valence-electron chi connectivity index (χ0n) is 10.3. The minimum absolute atomic E-state index is 0.251. The number of hydrogen-bond acceptors (Lipinski definition) is 3. The summed E-state index contributed by atoms with van der Waals surface area (Å²) in [7, 11) is 0. The SMILES string of the molecule is Cc1ccc(N)c(C(=O)Nc2ccc(O)c(F)c2)c1. The molecule has 98 valence electrons. The Morgan fingerprint density at radius 3 is 2.68 bits per heavy atom. The number of carbonyl (C=O) groups is 1. The quantitative estimate of drug-likeness (QED) is 0.574. The van der Waals surface area contributed by atoms with Gasteiger partial charge in [-0.3, -0.25) is 4.79 Å². The van der Waals surface area contributed by atoms with Crippen molar-refractivity contribution < 1.29 is 14.3 Å². The van der Waals surface area contributed by atoms with Crippen molar-refractivity contribution in [2.45, 2.75) is 6.92 Å². The Morgan fingerprint density at radius 2 is 2.00 bits per heavy atom. The molecule has 0 aliphatic heterocycles. The summed E-state index contributed by atoms with van der Waals surface area (Å²) < 4.78 is 13.1. The third kappa shape index (κ3) is 2.82. The minimum Gasteiger partial charge on any atom is -0.505 e. The lowest BCUT2D eigenvalue weighted by atomic mass is 10.1. The maximum absolute atomic E-state index is 13.1. The van der Waals surface area contributed by atoms with Gasteiger partial charge in [-0.15, -0.1) is 0 Å². The number of halogens is 1. The molecule has 4 nitrogen and oxygen atoms in total. The lowest BCUT2D eigenvalue weighted by molar-refractivity contribution is 0.102. The van der Waals surface area contributed by atoms with Crippen molar-refractivity contribution in [3.05, 3.63) is 53.3 Å². The van der Waals surface area contributed by atoms with E-state index in [9.17, 15) is 9.18 Å². The van der Waals surface area contributed by atoms with Gasteiger partial charge in [-0.05, 0) is 31.2 Å². The molecule has 0 heterocycles. The van der Waals surface area contributed by atoms with Crippen LogP contribution >= 0.6 is 0 Å². The van der Waals surface area contributed by atoms with Crippen molar-refractivity contribution >= 4 is 17.3 Å². The molecule has 0 unspecified atom stereocenters. The molecule has 0 saturated carbocycles. The molecule has 0 fully saturated rings. The smallest absolute Gasteiger partial charge is 0.257 e. The minimum atomic E-state index is -0.796. The van der Waals surface area contributed by atoms with Gasteiger partial charge >= 0.3 is 0 Å². The second-order valence-corrected chi connectivity index (χ2v) is 4.21. The Labute approximate surface area is 109 Å². The lowest BCUT2D eigenvalue weighted by Gasteiger charge is -2.08. The second kappa shape index (κ2) is 4.97. The fourth-order valence-corrected chi connectivity index (χ4v) is 1.65. The van der Waals surface area contributed by atoms with E-state index in [1.165, 1.54) is 12.1 Å². The number of aryl methyl sites for hydroxylation is 1. The number of amides is 1. The van der Waals surface area contributed by atoms with Gasteiger partial charge in [0.1, 0.15) is 0 Å². The third-order valence-electron chi connectivity index (χ3n) is 2.66. The van der Waals surface area contributed by atoms with Crippen molar-refractivity contribution in [1.29, 1.82) is 0 Å². The Morgan fingerprint density at radius 1 is 1.26 bits per heavy atom. The summed E-state index contributed by atoms with van der Waals surface area (Å²) in [6.07, 6.45) is 0.